The fourth-order valence-corrected chi connectivity index (χ4v) is 9.80. The summed E-state index contributed by atoms with van der Waals surface area (Å²) in [5.41, 5.74) is -4.17. The zero-order chi connectivity index (χ0) is 27.3. The summed E-state index contributed by atoms with van der Waals surface area (Å²) in [6.45, 7) is 6.10. The first-order chi connectivity index (χ1) is 17.9. The Hall–Kier alpha value is -2.22. The molecule has 2 unspecified atom stereocenters. The van der Waals surface area contributed by atoms with Crippen molar-refractivity contribution in [3.05, 3.63) is 59.7 Å². The fraction of sp³-hybridized carbons (Fsp3) is 0.613. The zero-order valence-electron chi connectivity index (χ0n) is 22.2. The van der Waals surface area contributed by atoms with Gasteiger partial charge in [-0.2, -0.15) is 0 Å². The molecule has 1 aromatic rings. The van der Waals surface area contributed by atoms with Crippen LogP contribution in [0.15, 0.2) is 54.1 Å². The van der Waals surface area contributed by atoms with Gasteiger partial charge >= 0.3 is 0 Å². The number of ketones is 2. The molecule has 204 valence electrons. The minimum Gasteiger partial charge on any atom is -0.390 e. The summed E-state index contributed by atoms with van der Waals surface area (Å²) in [6, 6.07) is 10.0. The predicted molar refractivity (Wildman–Crippen MR) is 138 cm³/mol. The molecule has 5 aliphatic rings. The van der Waals surface area contributed by atoms with E-state index in [0.29, 0.717) is 19.5 Å². The Morgan fingerprint density at radius 3 is 2.53 bits per heavy atom. The molecule has 0 radical (unpaired) electrons. The molecule has 0 amide bonds. The molecular weight excluding hydrogens is 488 g/mol. The number of aliphatic hydroxyl groups excluding tert-OH is 2. The molecule has 1 saturated heterocycles. The molecule has 6 rings (SSSR count). The van der Waals surface area contributed by atoms with Crippen LogP contribution in [0.2, 0.25) is 0 Å². The SMILES string of the molecule is CC1[C@@H]2CC3[C@@H]4C[C@H](F)C5=CC(=O)C=C[C@]5(C)[C@@]4(F)[C@@H](O)C[C@]3(C)[C@]2(C(=O)CO)CN1Cc1ccccc1. The number of hydrogen-bond acceptors (Lipinski definition) is 5. The standard InChI is InChI=1S/C31H37F2NO4/c1-18-21-12-22-23-13-25(32)24-11-20(36)9-10-28(24,2)31(23,33)26(37)14-29(22,3)30(21,27(38)16-35)17-34(18)15-19-7-5-4-6-8-19/h4-11,18,21-23,25-26,35,37H,12-17H2,1-3H3/t18?,21-,22?,23-,25-,26-,28-,29-,30+,31-/m0/s1. The summed E-state index contributed by atoms with van der Waals surface area (Å²) >= 11 is 0. The molecule has 4 fully saturated rings. The molecule has 7 heteroatoms. The molecule has 1 heterocycles. The molecule has 38 heavy (non-hydrogen) atoms. The smallest absolute Gasteiger partial charge is 0.178 e. The highest BCUT2D eigenvalue weighted by Crippen LogP contribution is 2.75. The van der Waals surface area contributed by atoms with Crippen LogP contribution in [0.1, 0.15) is 45.6 Å². The van der Waals surface area contributed by atoms with E-state index in [9.17, 15) is 19.8 Å². The lowest BCUT2D eigenvalue weighted by atomic mass is 9.43. The molecule has 2 N–H and O–H groups in total. The number of aliphatic hydroxyl groups is 2. The Morgan fingerprint density at radius 2 is 1.84 bits per heavy atom. The van der Waals surface area contributed by atoms with Gasteiger partial charge in [0.15, 0.2) is 17.2 Å². The first-order valence-corrected chi connectivity index (χ1v) is 13.8. The van der Waals surface area contributed by atoms with E-state index in [-0.39, 0.29) is 47.9 Å². The van der Waals surface area contributed by atoms with Crippen molar-refractivity contribution in [2.24, 2.45) is 34.0 Å². The number of rotatable bonds is 4. The Bertz CT molecular complexity index is 1230. The topological polar surface area (TPSA) is 77.8 Å². The van der Waals surface area contributed by atoms with Crippen molar-refractivity contribution < 1.29 is 28.6 Å². The largest absolute Gasteiger partial charge is 0.390 e. The second kappa shape index (κ2) is 8.39. The second-order valence-corrected chi connectivity index (χ2v) is 12.9. The Labute approximate surface area is 222 Å². The normalized spacial score (nSPS) is 47.7. The molecular formula is C31H37F2NO4. The maximum Gasteiger partial charge on any atom is 0.178 e. The minimum absolute atomic E-state index is 0.0118. The van der Waals surface area contributed by atoms with Crippen LogP contribution in [0, 0.1) is 34.0 Å². The predicted octanol–water partition coefficient (Wildman–Crippen LogP) is 3.98. The van der Waals surface area contributed by atoms with E-state index in [2.05, 4.69) is 11.8 Å². The molecule has 3 saturated carbocycles. The summed E-state index contributed by atoms with van der Waals surface area (Å²) in [6.07, 6.45) is 1.42. The van der Waals surface area contributed by atoms with E-state index in [0.717, 1.165) is 5.56 Å². The van der Waals surface area contributed by atoms with Crippen molar-refractivity contribution in [3.63, 3.8) is 0 Å². The summed E-state index contributed by atoms with van der Waals surface area (Å²) in [5, 5.41) is 21.9. The first-order valence-electron chi connectivity index (χ1n) is 13.8. The van der Waals surface area contributed by atoms with Crippen LogP contribution < -0.4 is 0 Å². The molecule has 0 aromatic heterocycles. The van der Waals surface area contributed by atoms with E-state index < -0.39 is 46.7 Å². The van der Waals surface area contributed by atoms with E-state index >= 15 is 8.78 Å². The van der Waals surface area contributed by atoms with Crippen molar-refractivity contribution in [2.75, 3.05) is 13.2 Å². The minimum atomic E-state index is -2.17. The summed E-state index contributed by atoms with van der Waals surface area (Å²) in [5.74, 6) is -1.96. The van der Waals surface area contributed by atoms with Crippen molar-refractivity contribution in [1.29, 1.82) is 0 Å². The van der Waals surface area contributed by atoms with Gasteiger partial charge in [0.2, 0.25) is 0 Å². The van der Waals surface area contributed by atoms with E-state index in [1.165, 1.54) is 18.2 Å². The summed E-state index contributed by atoms with van der Waals surface area (Å²) < 4.78 is 33.3. The Balaban J connectivity index is 1.43. The number of Topliss-reactive ketones (excluding diaryl/α,β-unsaturated/α-hetero) is 1. The first kappa shape index (κ1) is 26.0. The highest BCUT2D eigenvalue weighted by Gasteiger charge is 2.78. The lowest BCUT2D eigenvalue weighted by molar-refractivity contribution is -0.212. The number of halogens is 2. The molecule has 1 aliphatic heterocycles. The Morgan fingerprint density at radius 1 is 1.13 bits per heavy atom. The van der Waals surface area contributed by atoms with Crippen LogP contribution in [-0.2, 0) is 16.1 Å². The van der Waals surface area contributed by atoms with Gasteiger partial charge in [0.25, 0.3) is 0 Å². The number of nitrogens with zero attached hydrogens (tertiary/aromatic N) is 1. The Kier molecular flexibility index (Phi) is 5.75. The van der Waals surface area contributed by atoms with E-state index in [4.69, 9.17) is 0 Å². The van der Waals surface area contributed by atoms with Gasteiger partial charge in [0.05, 0.1) is 11.5 Å². The second-order valence-electron chi connectivity index (χ2n) is 12.9. The van der Waals surface area contributed by atoms with Crippen molar-refractivity contribution in [1.82, 2.24) is 4.90 Å². The number of carbonyl (C=O) groups is 2. The van der Waals surface area contributed by atoms with Crippen molar-refractivity contribution in [3.8, 4) is 0 Å². The third kappa shape index (κ3) is 3.01. The quantitative estimate of drug-likeness (QED) is 0.622. The number of hydrogen-bond donors (Lipinski definition) is 2. The van der Waals surface area contributed by atoms with Crippen LogP contribution in [0.25, 0.3) is 0 Å². The number of allylic oxidation sites excluding steroid dienone is 4. The number of benzene rings is 1. The number of carbonyl (C=O) groups excluding carboxylic acids is 2. The molecule has 5 nitrogen and oxygen atoms in total. The van der Waals surface area contributed by atoms with Gasteiger partial charge in [-0.25, -0.2) is 8.78 Å². The summed E-state index contributed by atoms with van der Waals surface area (Å²) in [7, 11) is 0. The molecule has 1 aromatic carbocycles. The average molecular weight is 526 g/mol. The van der Waals surface area contributed by atoms with Gasteiger partial charge in [-0.3, -0.25) is 14.5 Å². The van der Waals surface area contributed by atoms with Gasteiger partial charge in [0, 0.05) is 30.5 Å². The fourth-order valence-electron chi connectivity index (χ4n) is 9.80. The maximum atomic E-state index is 17.5. The maximum absolute atomic E-state index is 17.5. The van der Waals surface area contributed by atoms with Gasteiger partial charge in [-0.15, -0.1) is 0 Å². The van der Waals surface area contributed by atoms with E-state index in [1.807, 2.05) is 37.3 Å². The van der Waals surface area contributed by atoms with Crippen molar-refractivity contribution in [2.45, 2.75) is 70.6 Å². The number of alkyl halides is 2. The molecule has 10 atom stereocenters. The van der Waals surface area contributed by atoms with Crippen LogP contribution in [0.4, 0.5) is 8.78 Å². The average Bonchev–Trinajstić information content (AvgIpc) is 3.31. The lowest BCUT2D eigenvalue weighted by Gasteiger charge is -2.63. The van der Waals surface area contributed by atoms with Gasteiger partial charge < -0.3 is 10.2 Å². The highest BCUT2D eigenvalue weighted by molar-refractivity contribution is 6.01. The zero-order valence-corrected chi connectivity index (χ0v) is 22.2. The van der Waals surface area contributed by atoms with Crippen LogP contribution in [0.3, 0.4) is 0 Å². The van der Waals surface area contributed by atoms with Gasteiger partial charge in [0.1, 0.15) is 12.8 Å². The third-order valence-corrected chi connectivity index (χ3v) is 11.7. The number of fused-ring (bicyclic) bond motifs is 7. The van der Waals surface area contributed by atoms with Crippen LogP contribution in [-0.4, -0.2) is 63.8 Å². The molecule has 4 aliphatic carbocycles. The number of likely N-dealkylation sites (tertiary alicyclic amines) is 1. The molecule has 0 spiro atoms. The monoisotopic (exact) mass is 525 g/mol. The van der Waals surface area contributed by atoms with Crippen LogP contribution in [0.5, 0.6) is 0 Å². The van der Waals surface area contributed by atoms with Crippen LogP contribution >= 0.6 is 0 Å². The lowest BCUT2D eigenvalue weighted by Crippen LogP contribution is -2.69. The highest BCUT2D eigenvalue weighted by atomic mass is 19.1. The van der Waals surface area contributed by atoms with Crippen molar-refractivity contribution >= 4 is 11.6 Å². The van der Waals surface area contributed by atoms with Gasteiger partial charge in [-0.1, -0.05) is 43.3 Å². The van der Waals surface area contributed by atoms with E-state index in [1.54, 1.807) is 6.92 Å². The summed E-state index contributed by atoms with van der Waals surface area (Å²) in [4.78, 5) is 28.1. The molecule has 0 bridgehead atoms. The van der Waals surface area contributed by atoms with Gasteiger partial charge in [-0.05, 0) is 73.6 Å². The third-order valence-electron chi connectivity index (χ3n) is 11.7.